The van der Waals surface area contributed by atoms with Crippen molar-refractivity contribution in [3.05, 3.63) is 254 Å². The lowest BCUT2D eigenvalue weighted by Gasteiger charge is -2.27. The van der Waals surface area contributed by atoms with Gasteiger partial charge in [-0.3, -0.25) is 4.40 Å². The number of rotatable bonds is 7. The van der Waals surface area contributed by atoms with Crippen LogP contribution in [0.4, 0.5) is 22.7 Å². The highest BCUT2D eigenvalue weighted by Crippen LogP contribution is 2.50. The zero-order valence-electron chi connectivity index (χ0n) is 42.1. The largest absolute Gasteiger partial charge is 0.457 e. The third-order valence-corrected chi connectivity index (χ3v) is 15.2. The zero-order chi connectivity index (χ0) is 50.2. The number of pyridine rings is 1. The van der Waals surface area contributed by atoms with E-state index in [-0.39, 0.29) is 5.41 Å². The number of benzene rings is 10. The van der Waals surface area contributed by atoms with E-state index in [0.29, 0.717) is 6.67 Å². The topological polar surface area (TPSA) is 33.0 Å². The standard InChI is InChI=1S/C70H52N4O/c1-70(2,3)50-37-35-46(36-38-50)49-41-63-59-28-13-11-26-57(59)56-25-10-12-27-58(56)61-31-18-32-62-60-40-39-53(43-66(60)74(68(61)62)69(63)71-44-49)75-52-24-16-23-51(42-52)72-45-73(65-34-15-14-33-64(65)72)67-54(47-19-6-4-7-20-47)29-17-30-55(67)48-21-8-5-9-22-48/h4-44H,45H2,1-3H3. The van der Waals surface area contributed by atoms with Crippen LogP contribution in [0, 0.1) is 0 Å². The zero-order valence-corrected chi connectivity index (χ0v) is 42.1. The van der Waals surface area contributed by atoms with E-state index in [1.54, 1.807) is 0 Å². The van der Waals surface area contributed by atoms with E-state index in [4.69, 9.17) is 9.72 Å². The Labute approximate surface area is 436 Å². The summed E-state index contributed by atoms with van der Waals surface area (Å²) in [5.74, 6) is 1.49. The van der Waals surface area contributed by atoms with Crippen molar-refractivity contribution in [2.24, 2.45) is 0 Å². The first kappa shape index (κ1) is 44.3. The number of fused-ring (bicyclic) bond motifs is 11. The summed E-state index contributed by atoms with van der Waals surface area (Å²) in [7, 11) is 0. The number of anilines is 4. The number of ether oxygens (including phenoxy) is 1. The predicted octanol–water partition coefficient (Wildman–Crippen LogP) is 19.0. The molecule has 0 amide bonds. The van der Waals surface area contributed by atoms with Crippen molar-refractivity contribution in [1.82, 2.24) is 9.38 Å². The summed E-state index contributed by atoms with van der Waals surface area (Å²) in [5.41, 5.74) is 15.8. The molecule has 0 saturated heterocycles. The number of para-hydroxylation sites is 4. The second-order valence-electron chi connectivity index (χ2n) is 20.7. The smallest absolute Gasteiger partial charge is 0.145 e. The number of hydrogen-bond acceptors (Lipinski definition) is 4. The van der Waals surface area contributed by atoms with E-state index >= 15 is 0 Å². The highest BCUT2D eigenvalue weighted by molar-refractivity contribution is 6.25. The van der Waals surface area contributed by atoms with E-state index in [9.17, 15) is 0 Å². The lowest BCUT2D eigenvalue weighted by atomic mass is 9.86. The molecule has 1 aliphatic rings. The summed E-state index contributed by atoms with van der Waals surface area (Å²) in [4.78, 5) is 10.4. The highest BCUT2D eigenvalue weighted by atomic mass is 16.5. The van der Waals surface area contributed by atoms with Gasteiger partial charge in [0.25, 0.3) is 0 Å². The minimum Gasteiger partial charge on any atom is -0.457 e. The van der Waals surface area contributed by atoms with Crippen LogP contribution in [0.2, 0.25) is 0 Å². The van der Waals surface area contributed by atoms with Crippen LogP contribution in [0.25, 0.3) is 93.2 Å². The van der Waals surface area contributed by atoms with Gasteiger partial charge in [0.05, 0.1) is 28.1 Å². The first-order valence-electron chi connectivity index (χ1n) is 25.9. The predicted molar refractivity (Wildman–Crippen MR) is 315 cm³/mol. The molecule has 0 aliphatic carbocycles. The quantitative estimate of drug-likeness (QED) is 0.159. The maximum atomic E-state index is 7.00. The van der Waals surface area contributed by atoms with Crippen LogP contribution >= 0.6 is 0 Å². The van der Waals surface area contributed by atoms with Crippen molar-refractivity contribution in [3.8, 4) is 44.9 Å². The Balaban J connectivity index is 0.918. The Morgan fingerprint density at radius 1 is 0.400 bits per heavy atom. The van der Waals surface area contributed by atoms with Crippen LogP contribution in [0.15, 0.2) is 249 Å². The monoisotopic (exact) mass is 964 g/mol. The highest BCUT2D eigenvalue weighted by Gasteiger charge is 2.31. The van der Waals surface area contributed by atoms with Gasteiger partial charge in [0.15, 0.2) is 0 Å². The Morgan fingerprint density at radius 3 is 1.59 bits per heavy atom. The van der Waals surface area contributed by atoms with Crippen LogP contribution in [0.1, 0.15) is 26.3 Å². The molecule has 10 aromatic carbocycles. The van der Waals surface area contributed by atoms with Gasteiger partial charge < -0.3 is 14.5 Å². The van der Waals surface area contributed by atoms with E-state index in [2.05, 4.69) is 278 Å². The molecule has 5 heteroatoms. The van der Waals surface area contributed by atoms with Crippen LogP contribution in [0.3, 0.4) is 0 Å². The Kier molecular flexibility index (Phi) is 10.4. The van der Waals surface area contributed by atoms with Gasteiger partial charge in [0, 0.05) is 62.3 Å². The summed E-state index contributed by atoms with van der Waals surface area (Å²) in [6.07, 6.45) is 2.05. The van der Waals surface area contributed by atoms with Crippen molar-refractivity contribution in [2.45, 2.75) is 26.2 Å². The van der Waals surface area contributed by atoms with Gasteiger partial charge in [-0.05, 0) is 91.7 Å². The Hall–Kier alpha value is -9.45. The molecule has 3 aromatic heterocycles. The summed E-state index contributed by atoms with van der Waals surface area (Å²) in [5, 5.41) is 9.19. The average Bonchev–Trinajstić information content (AvgIpc) is 4.04. The van der Waals surface area contributed by atoms with Crippen LogP contribution in [-0.2, 0) is 5.41 Å². The SMILES string of the molecule is CC(C)(C)c1ccc(-c2cnc3c(c2)c2ccccc2c2ccccc2c2cccc4c5ccc(Oc6cccc(N7CN(c8c(-c9ccccc9)cccc8-c8ccccc8)c8ccccc87)c6)cc5n3c24)cc1. The minimum atomic E-state index is 0.0546. The summed E-state index contributed by atoms with van der Waals surface area (Å²) in [6, 6.07) is 87.6. The summed E-state index contributed by atoms with van der Waals surface area (Å²) < 4.78 is 9.39. The number of nitrogens with zero attached hydrogens (tertiary/aromatic N) is 4. The minimum absolute atomic E-state index is 0.0546. The molecule has 4 heterocycles. The fourth-order valence-electron chi connectivity index (χ4n) is 11.6. The molecule has 0 bridgehead atoms. The average molecular weight is 965 g/mol. The maximum Gasteiger partial charge on any atom is 0.145 e. The second kappa shape index (κ2) is 17.6. The van der Waals surface area contributed by atoms with Crippen molar-refractivity contribution >= 4 is 82.5 Å². The molecular formula is C70H52N4O. The molecule has 0 N–H and O–H groups in total. The molecule has 14 rings (SSSR count). The van der Waals surface area contributed by atoms with Crippen molar-refractivity contribution in [2.75, 3.05) is 16.5 Å². The molecule has 0 fully saturated rings. The molecule has 358 valence electrons. The number of aromatic nitrogens is 2. The molecular weight excluding hydrogens is 913 g/mol. The van der Waals surface area contributed by atoms with Gasteiger partial charge in [-0.25, -0.2) is 4.98 Å². The van der Waals surface area contributed by atoms with Gasteiger partial charge >= 0.3 is 0 Å². The Morgan fingerprint density at radius 2 is 0.933 bits per heavy atom. The molecule has 0 atom stereocenters. The van der Waals surface area contributed by atoms with Crippen LogP contribution < -0.4 is 14.5 Å². The van der Waals surface area contributed by atoms with Crippen LogP contribution in [-0.4, -0.2) is 16.1 Å². The fourth-order valence-corrected chi connectivity index (χ4v) is 11.6. The van der Waals surface area contributed by atoms with Gasteiger partial charge in [-0.15, -0.1) is 0 Å². The van der Waals surface area contributed by atoms with E-state index < -0.39 is 0 Å². The lowest BCUT2D eigenvalue weighted by Crippen LogP contribution is -2.24. The first-order valence-corrected chi connectivity index (χ1v) is 25.9. The summed E-state index contributed by atoms with van der Waals surface area (Å²) >= 11 is 0. The normalized spacial score (nSPS) is 12.6. The van der Waals surface area contributed by atoms with Crippen molar-refractivity contribution < 1.29 is 4.74 Å². The molecule has 0 radical (unpaired) electrons. The van der Waals surface area contributed by atoms with Gasteiger partial charge in [-0.2, -0.15) is 0 Å². The van der Waals surface area contributed by atoms with E-state index in [1.807, 2.05) is 6.20 Å². The maximum absolute atomic E-state index is 7.00. The second-order valence-corrected chi connectivity index (χ2v) is 20.7. The molecule has 75 heavy (non-hydrogen) atoms. The van der Waals surface area contributed by atoms with E-state index in [0.717, 1.165) is 83.3 Å². The first-order chi connectivity index (χ1) is 36.8. The summed E-state index contributed by atoms with van der Waals surface area (Å²) in [6.45, 7) is 7.39. The lowest BCUT2D eigenvalue weighted by molar-refractivity contribution is 0.483. The van der Waals surface area contributed by atoms with Gasteiger partial charge in [-0.1, -0.05) is 209 Å². The van der Waals surface area contributed by atoms with Crippen molar-refractivity contribution in [1.29, 1.82) is 0 Å². The fraction of sp³-hybridized carbons (Fsp3) is 0.0714. The Bertz CT molecular complexity index is 4340. The van der Waals surface area contributed by atoms with Gasteiger partial charge in [0.1, 0.15) is 23.8 Å². The third-order valence-electron chi connectivity index (χ3n) is 15.2. The molecule has 13 aromatic rings. The molecule has 0 spiro atoms. The van der Waals surface area contributed by atoms with E-state index in [1.165, 1.54) is 49.7 Å². The van der Waals surface area contributed by atoms with Crippen molar-refractivity contribution in [3.63, 3.8) is 0 Å². The third kappa shape index (κ3) is 7.50. The molecule has 0 unspecified atom stereocenters. The van der Waals surface area contributed by atoms with Crippen LogP contribution in [0.5, 0.6) is 11.5 Å². The molecule has 1 aliphatic heterocycles. The van der Waals surface area contributed by atoms with Gasteiger partial charge in [0.2, 0.25) is 0 Å². The molecule has 5 nitrogen and oxygen atoms in total. The number of hydrogen-bond donors (Lipinski definition) is 0. The molecule has 0 saturated carbocycles.